The average Bonchev–Trinajstić information content (AvgIpc) is 2.48. The van der Waals surface area contributed by atoms with E-state index in [1.165, 1.54) is 19.2 Å². The van der Waals surface area contributed by atoms with Crippen LogP contribution in [0.5, 0.6) is 11.5 Å². The number of hydrogen-bond donors (Lipinski definition) is 3. The summed E-state index contributed by atoms with van der Waals surface area (Å²) in [5.41, 5.74) is 1.75. The second-order valence-corrected chi connectivity index (χ2v) is 6.10. The lowest BCUT2D eigenvalue weighted by molar-refractivity contribution is 0.373. The molecule has 2 aromatic carbocycles. The Labute approximate surface area is 129 Å². The third-order valence-electron chi connectivity index (χ3n) is 3.14. The monoisotopic (exact) mass is 323 g/mol. The second-order valence-electron chi connectivity index (χ2n) is 4.68. The quantitative estimate of drug-likeness (QED) is 0.706. The van der Waals surface area contributed by atoms with Crippen molar-refractivity contribution in [2.24, 2.45) is 0 Å². The van der Waals surface area contributed by atoms with E-state index in [9.17, 15) is 13.5 Å². The van der Waals surface area contributed by atoms with E-state index in [4.69, 9.17) is 9.29 Å². The summed E-state index contributed by atoms with van der Waals surface area (Å²) in [7, 11) is -2.67. The van der Waals surface area contributed by atoms with E-state index in [2.05, 4.69) is 5.32 Å². The van der Waals surface area contributed by atoms with Gasteiger partial charge < -0.3 is 15.2 Å². The first-order chi connectivity index (χ1) is 10.4. The van der Waals surface area contributed by atoms with Crippen molar-refractivity contribution >= 4 is 15.8 Å². The van der Waals surface area contributed by atoms with Crippen LogP contribution in [0.3, 0.4) is 0 Å². The maximum Gasteiger partial charge on any atom is 0.294 e. The molecule has 0 saturated heterocycles. The van der Waals surface area contributed by atoms with Gasteiger partial charge in [-0.1, -0.05) is 6.07 Å². The van der Waals surface area contributed by atoms with Gasteiger partial charge in [-0.25, -0.2) is 0 Å². The zero-order valence-electron chi connectivity index (χ0n) is 12.0. The Morgan fingerprint density at radius 3 is 2.41 bits per heavy atom. The summed E-state index contributed by atoms with van der Waals surface area (Å²) in [6.45, 7) is 0.624. The summed E-state index contributed by atoms with van der Waals surface area (Å²) in [6, 6.07) is 11.0. The molecule has 0 fully saturated rings. The van der Waals surface area contributed by atoms with E-state index in [0.29, 0.717) is 18.7 Å². The van der Waals surface area contributed by atoms with Crippen molar-refractivity contribution in [2.75, 3.05) is 19.0 Å². The van der Waals surface area contributed by atoms with Gasteiger partial charge in [0.05, 0.1) is 12.0 Å². The predicted molar refractivity (Wildman–Crippen MR) is 83.1 cm³/mol. The van der Waals surface area contributed by atoms with Gasteiger partial charge in [-0.05, 0) is 48.4 Å². The molecule has 2 aromatic rings. The zero-order chi connectivity index (χ0) is 16.2. The van der Waals surface area contributed by atoms with Gasteiger partial charge in [-0.15, -0.1) is 0 Å². The van der Waals surface area contributed by atoms with Crippen LogP contribution in [-0.2, 0) is 16.5 Å². The Morgan fingerprint density at radius 2 is 1.82 bits per heavy atom. The van der Waals surface area contributed by atoms with Gasteiger partial charge >= 0.3 is 0 Å². The van der Waals surface area contributed by atoms with Crippen LogP contribution in [-0.4, -0.2) is 31.7 Å². The molecule has 0 spiro atoms. The molecule has 0 aliphatic carbocycles. The number of rotatable bonds is 6. The normalized spacial score (nSPS) is 11.2. The van der Waals surface area contributed by atoms with Crippen molar-refractivity contribution in [1.82, 2.24) is 0 Å². The molecule has 3 N–H and O–H groups in total. The van der Waals surface area contributed by atoms with Crippen LogP contribution in [0, 0.1) is 0 Å². The van der Waals surface area contributed by atoms with Crippen molar-refractivity contribution in [3.8, 4) is 11.5 Å². The van der Waals surface area contributed by atoms with Gasteiger partial charge in [0.25, 0.3) is 10.1 Å². The van der Waals surface area contributed by atoms with E-state index < -0.39 is 10.1 Å². The first kappa shape index (κ1) is 16.1. The molecule has 0 radical (unpaired) electrons. The Bertz CT molecular complexity index is 741. The lowest BCUT2D eigenvalue weighted by Gasteiger charge is -2.09. The molecular weight excluding hydrogens is 306 g/mol. The van der Waals surface area contributed by atoms with E-state index in [-0.39, 0.29) is 10.6 Å². The molecule has 0 aliphatic heterocycles. The number of aromatic hydroxyl groups is 1. The van der Waals surface area contributed by atoms with Gasteiger partial charge in [-0.3, -0.25) is 4.55 Å². The Balaban J connectivity index is 1.94. The van der Waals surface area contributed by atoms with Crippen molar-refractivity contribution < 1.29 is 22.8 Å². The maximum absolute atomic E-state index is 10.9. The van der Waals surface area contributed by atoms with Gasteiger partial charge in [0, 0.05) is 12.2 Å². The number of ether oxygens (including phenoxy) is 1. The fourth-order valence-corrected chi connectivity index (χ4v) is 2.45. The highest BCUT2D eigenvalue weighted by atomic mass is 32.2. The highest BCUT2D eigenvalue weighted by Gasteiger charge is 2.08. The predicted octanol–water partition coefficient (Wildman–Crippen LogP) is 2.30. The largest absolute Gasteiger partial charge is 0.504 e. The third kappa shape index (κ3) is 4.12. The molecule has 0 atom stereocenters. The highest BCUT2D eigenvalue weighted by molar-refractivity contribution is 7.85. The minimum absolute atomic E-state index is 0.0972. The number of anilines is 1. The maximum atomic E-state index is 10.9. The molecule has 2 rings (SSSR count). The lowest BCUT2D eigenvalue weighted by Crippen LogP contribution is -2.05. The molecule has 7 heteroatoms. The molecule has 0 bridgehead atoms. The molecule has 6 nitrogen and oxygen atoms in total. The summed E-state index contributed by atoms with van der Waals surface area (Å²) < 4.78 is 35.8. The van der Waals surface area contributed by atoms with E-state index in [1.54, 1.807) is 30.3 Å². The van der Waals surface area contributed by atoms with Crippen LogP contribution in [0.1, 0.15) is 5.56 Å². The number of hydrogen-bond acceptors (Lipinski definition) is 5. The number of nitrogens with one attached hydrogen (secondary N) is 1. The molecule has 0 unspecified atom stereocenters. The van der Waals surface area contributed by atoms with Crippen molar-refractivity contribution in [2.45, 2.75) is 11.3 Å². The van der Waals surface area contributed by atoms with Gasteiger partial charge in [0.2, 0.25) is 0 Å². The first-order valence-corrected chi connectivity index (χ1v) is 8.01. The standard InChI is InChI=1S/C15H17NO5S/c1-21-15-10-11(2-7-14(15)17)8-9-16-12-3-5-13(6-4-12)22(18,19)20/h2-7,10,16-17H,8-9H2,1H3,(H,18,19,20). The Morgan fingerprint density at radius 1 is 1.14 bits per heavy atom. The fraction of sp³-hybridized carbons (Fsp3) is 0.200. The number of benzene rings is 2. The first-order valence-electron chi connectivity index (χ1n) is 6.57. The number of phenolic OH excluding ortho intramolecular Hbond substituents is 1. The summed E-state index contributed by atoms with van der Waals surface area (Å²) in [4.78, 5) is -0.138. The molecule has 0 aliphatic rings. The molecule has 0 heterocycles. The molecule has 22 heavy (non-hydrogen) atoms. The molecule has 118 valence electrons. The van der Waals surface area contributed by atoms with Crippen LogP contribution >= 0.6 is 0 Å². The Kier molecular flexibility index (Phi) is 4.89. The van der Waals surface area contributed by atoms with E-state index >= 15 is 0 Å². The van der Waals surface area contributed by atoms with Crippen LogP contribution in [0.4, 0.5) is 5.69 Å². The molecule has 0 saturated carbocycles. The minimum Gasteiger partial charge on any atom is -0.504 e. The molecule has 0 amide bonds. The molecule has 0 aromatic heterocycles. The van der Waals surface area contributed by atoms with Gasteiger partial charge in [0.1, 0.15) is 0 Å². The summed E-state index contributed by atoms with van der Waals surface area (Å²) in [5, 5.41) is 12.7. The Hall–Kier alpha value is -2.25. The average molecular weight is 323 g/mol. The van der Waals surface area contributed by atoms with E-state index in [0.717, 1.165) is 11.3 Å². The summed E-state index contributed by atoms with van der Waals surface area (Å²) >= 11 is 0. The second kappa shape index (κ2) is 6.67. The van der Waals surface area contributed by atoms with Crippen molar-refractivity contribution in [3.05, 3.63) is 48.0 Å². The lowest BCUT2D eigenvalue weighted by atomic mass is 10.1. The van der Waals surface area contributed by atoms with Gasteiger partial charge in [-0.2, -0.15) is 8.42 Å². The van der Waals surface area contributed by atoms with Crippen LogP contribution in [0.15, 0.2) is 47.4 Å². The summed E-state index contributed by atoms with van der Waals surface area (Å²) in [5.74, 6) is 0.523. The summed E-state index contributed by atoms with van der Waals surface area (Å²) in [6.07, 6.45) is 0.705. The zero-order valence-corrected chi connectivity index (χ0v) is 12.8. The third-order valence-corrected chi connectivity index (χ3v) is 4.01. The van der Waals surface area contributed by atoms with Crippen LogP contribution in [0.25, 0.3) is 0 Å². The fourth-order valence-electron chi connectivity index (χ4n) is 1.97. The van der Waals surface area contributed by atoms with Crippen LogP contribution < -0.4 is 10.1 Å². The number of phenols is 1. The minimum atomic E-state index is -4.16. The number of methoxy groups -OCH3 is 1. The highest BCUT2D eigenvalue weighted by Crippen LogP contribution is 2.26. The van der Waals surface area contributed by atoms with E-state index in [1.807, 2.05) is 0 Å². The SMILES string of the molecule is COc1cc(CCNc2ccc(S(=O)(=O)O)cc2)ccc1O. The van der Waals surface area contributed by atoms with Crippen molar-refractivity contribution in [1.29, 1.82) is 0 Å². The molecular formula is C15H17NO5S. The smallest absolute Gasteiger partial charge is 0.294 e. The van der Waals surface area contributed by atoms with Crippen LogP contribution in [0.2, 0.25) is 0 Å². The van der Waals surface area contributed by atoms with Crippen molar-refractivity contribution in [3.63, 3.8) is 0 Å². The topological polar surface area (TPSA) is 95.9 Å². The van der Waals surface area contributed by atoms with Gasteiger partial charge in [0.15, 0.2) is 11.5 Å².